The Morgan fingerprint density at radius 1 is 1.35 bits per heavy atom. The highest BCUT2D eigenvalue weighted by Crippen LogP contribution is 2.24. The van der Waals surface area contributed by atoms with Gasteiger partial charge in [0.25, 0.3) is 0 Å². The number of halogens is 1. The Hall–Kier alpha value is -0.220. The van der Waals surface area contributed by atoms with Gasteiger partial charge in [-0.3, -0.25) is 0 Å². The van der Waals surface area contributed by atoms with Crippen molar-refractivity contribution in [3.8, 4) is 0 Å². The van der Waals surface area contributed by atoms with Gasteiger partial charge in [0, 0.05) is 35.4 Å². The molecule has 1 aromatic rings. The minimum absolute atomic E-state index is 0.554. The van der Waals surface area contributed by atoms with E-state index in [2.05, 4.69) is 24.4 Å². The van der Waals surface area contributed by atoms with Crippen LogP contribution in [0.2, 0.25) is 5.02 Å². The molecule has 1 aromatic carbocycles. The van der Waals surface area contributed by atoms with Gasteiger partial charge in [0.05, 0.1) is 0 Å². The number of hydrogen-bond donors (Lipinski definition) is 1. The smallest absolute Gasteiger partial charge is 0.0474 e. The van der Waals surface area contributed by atoms with Gasteiger partial charge in [0.15, 0.2) is 0 Å². The van der Waals surface area contributed by atoms with E-state index in [0.29, 0.717) is 5.25 Å². The lowest BCUT2D eigenvalue weighted by Crippen LogP contribution is -2.24. The van der Waals surface area contributed by atoms with E-state index >= 15 is 0 Å². The van der Waals surface area contributed by atoms with E-state index in [0.717, 1.165) is 31.1 Å². The third-order valence-corrected chi connectivity index (χ3v) is 3.65. The fourth-order valence-electron chi connectivity index (χ4n) is 1.43. The summed E-state index contributed by atoms with van der Waals surface area (Å²) in [5.41, 5.74) is 0. The van der Waals surface area contributed by atoms with Crippen molar-refractivity contribution in [2.45, 2.75) is 23.5 Å². The number of hydrogen-bond acceptors (Lipinski definition) is 3. The summed E-state index contributed by atoms with van der Waals surface area (Å²) >= 11 is 7.71. The molecule has 0 aliphatic rings. The lowest BCUT2D eigenvalue weighted by Gasteiger charge is -2.12. The maximum atomic E-state index is 5.85. The van der Waals surface area contributed by atoms with Gasteiger partial charge in [-0.25, -0.2) is 0 Å². The molecular formula is C13H20ClNOS. The van der Waals surface area contributed by atoms with E-state index in [9.17, 15) is 0 Å². The molecule has 0 spiro atoms. The van der Waals surface area contributed by atoms with Crippen LogP contribution in [0.5, 0.6) is 0 Å². The summed E-state index contributed by atoms with van der Waals surface area (Å²) in [6, 6.07) is 7.99. The zero-order chi connectivity index (χ0) is 12.5. The van der Waals surface area contributed by atoms with E-state index < -0.39 is 0 Å². The molecule has 0 radical (unpaired) electrons. The molecular weight excluding hydrogens is 254 g/mol. The van der Waals surface area contributed by atoms with Crippen LogP contribution in [0.4, 0.5) is 0 Å². The molecule has 4 heteroatoms. The number of ether oxygens (including phenoxy) is 1. The molecule has 2 nitrogen and oxygen atoms in total. The van der Waals surface area contributed by atoms with Gasteiger partial charge < -0.3 is 10.1 Å². The molecule has 0 bridgehead atoms. The molecule has 1 atom stereocenters. The number of thioether (sulfide) groups is 1. The summed E-state index contributed by atoms with van der Waals surface area (Å²) in [4.78, 5) is 1.26. The summed E-state index contributed by atoms with van der Waals surface area (Å²) in [5, 5.41) is 4.77. The third kappa shape index (κ3) is 6.94. The molecule has 0 fully saturated rings. The van der Waals surface area contributed by atoms with Gasteiger partial charge in [0.2, 0.25) is 0 Å². The van der Waals surface area contributed by atoms with Gasteiger partial charge in [-0.05, 0) is 37.2 Å². The summed E-state index contributed by atoms with van der Waals surface area (Å²) in [6.45, 7) is 5.07. The Bertz CT molecular complexity index is 305. The van der Waals surface area contributed by atoms with Gasteiger partial charge in [-0.1, -0.05) is 18.5 Å². The van der Waals surface area contributed by atoms with Crippen LogP contribution in [0, 0.1) is 0 Å². The molecule has 1 N–H and O–H groups in total. The van der Waals surface area contributed by atoms with Crippen LogP contribution in [0.1, 0.15) is 13.3 Å². The lowest BCUT2D eigenvalue weighted by molar-refractivity contribution is 0.194. The first-order chi connectivity index (χ1) is 8.22. The molecule has 0 aromatic heterocycles. The highest BCUT2D eigenvalue weighted by molar-refractivity contribution is 8.00. The summed E-state index contributed by atoms with van der Waals surface area (Å²) in [7, 11) is 1.74. The minimum atomic E-state index is 0.554. The lowest BCUT2D eigenvalue weighted by atomic mass is 10.4. The predicted octanol–water partition coefficient (Wildman–Crippen LogP) is 3.45. The number of rotatable bonds is 8. The van der Waals surface area contributed by atoms with Crippen LogP contribution in [0.25, 0.3) is 0 Å². The average molecular weight is 274 g/mol. The van der Waals surface area contributed by atoms with Crippen molar-refractivity contribution in [2.24, 2.45) is 0 Å². The second-order valence-electron chi connectivity index (χ2n) is 3.93. The standard InChI is InChI=1S/C13H20ClNOS/c1-11(10-15-8-3-9-16-2)17-13-6-4-12(14)5-7-13/h4-7,11,15H,3,8-10H2,1-2H3. The zero-order valence-electron chi connectivity index (χ0n) is 10.4. The predicted molar refractivity (Wildman–Crippen MR) is 76.1 cm³/mol. The van der Waals surface area contributed by atoms with Crippen LogP contribution in [-0.4, -0.2) is 32.1 Å². The number of benzene rings is 1. The fraction of sp³-hybridized carbons (Fsp3) is 0.538. The van der Waals surface area contributed by atoms with Crippen LogP contribution >= 0.6 is 23.4 Å². The van der Waals surface area contributed by atoms with Crippen LogP contribution in [0.3, 0.4) is 0 Å². The number of nitrogens with one attached hydrogen (secondary N) is 1. The number of methoxy groups -OCH3 is 1. The first-order valence-corrected chi connectivity index (χ1v) is 7.10. The maximum Gasteiger partial charge on any atom is 0.0474 e. The van der Waals surface area contributed by atoms with E-state index in [-0.39, 0.29) is 0 Å². The Labute approximate surface area is 113 Å². The zero-order valence-corrected chi connectivity index (χ0v) is 12.0. The summed E-state index contributed by atoms with van der Waals surface area (Å²) in [6.07, 6.45) is 1.06. The van der Waals surface area contributed by atoms with Gasteiger partial charge in [0.1, 0.15) is 0 Å². The van der Waals surface area contributed by atoms with Crippen LogP contribution in [-0.2, 0) is 4.74 Å². The highest BCUT2D eigenvalue weighted by Gasteiger charge is 2.03. The molecule has 96 valence electrons. The second kappa shape index (κ2) is 8.81. The first-order valence-electron chi connectivity index (χ1n) is 5.84. The van der Waals surface area contributed by atoms with Crippen molar-refractivity contribution in [3.63, 3.8) is 0 Å². The Balaban J connectivity index is 2.16. The van der Waals surface area contributed by atoms with E-state index in [1.807, 2.05) is 23.9 Å². The van der Waals surface area contributed by atoms with Gasteiger partial charge in [-0.15, -0.1) is 11.8 Å². The summed E-state index contributed by atoms with van der Waals surface area (Å²) < 4.78 is 5.00. The molecule has 1 unspecified atom stereocenters. The Kier molecular flexibility index (Phi) is 7.69. The molecule has 1 rings (SSSR count). The maximum absolute atomic E-state index is 5.85. The molecule has 0 amide bonds. The van der Waals surface area contributed by atoms with Crippen molar-refractivity contribution in [2.75, 3.05) is 26.8 Å². The minimum Gasteiger partial charge on any atom is -0.385 e. The average Bonchev–Trinajstić information content (AvgIpc) is 2.32. The second-order valence-corrected chi connectivity index (χ2v) is 5.88. The van der Waals surface area contributed by atoms with E-state index in [1.54, 1.807) is 7.11 Å². The molecule has 0 saturated heterocycles. The van der Waals surface area contributed by atoms with Gasteiger partial charge >= 0.3 is 0 Å². The monoisotopic (exact) mass is 273 g/mol. The van der Waals surface area contributed by atoms with Crippen LogP contribution in [0.15, 0.2) is 29.2 Å². The molecule has 0 aliphatic carbocycles. The molecule has 0 heterocycles. The van der Waals surface area contributed by atoms with Gasteiger partial charge in [-0.2, -0.15) is 0 Å². The van der Waals surface area contributed by atoms with Crippen molar-refractivity contribution in [1.29, 1.82) is 0 Å². The van der Waals surface area contributed by atoms with E-state index in [4.69, 9.17) is 16.3 Å². The largest absolute Gasteiger partial charge is 0.385 e. The summed E-state index contributed by atoms with van der Waals surface area (Å²) in [5.74, 6) is 0. The molecule has 0 saturated carbocycles. The molecule has 17 heavy (non-hydrogen) atoms. The normalized spacial score (nSPS) is 12.6. The quantitative estimate of drug-likeness (QED) is 0.579. The molecule has 0 aliphatic heterocycles. The third-order valence-electron chi connectivity index (χ3n) is 2.28. The first kappa shape index (κ1) is 14.8. The van der Waals surface area contributed by atoms with Crippen molar-refractivity contribution in [3.05, 3.63) is 29.3 Å². The highest BCUT2D eigenvalue weighted by atomic mass is 35.5. The fourth-order valence-corrected chi connectivity index (χ4v) is 2.52. The Morgan fingerprint density at radius 2 is 2.06 bits per heavy atom. The van der Waals surface area contributed by atoms with Crippen molar-refractivity contribution >= 4 is 23.4 Å². The SMILES string of the molecule is COCCCNCC(C)Sc1ccc(Cl)cc1. The topological polar surface area (TPSA) is 21.3 Å². The van der Waals surface area contributed by atoms with E-state index in [1.165, 1.54) is 4.90 Å². The van der Waals surface area contributed by atoms with Crippen molar-refractivity contribution < 1.29 is 4.74 Å². The Morgan fingerprint density at radius 3 is 2.71 bits per heavy atom. The van der Waals surface area contributed by atoms with Crippen molar-refractivity contribution in [1.82, 2.24) is 5.32 Å². The van der Waals surface area contributed by atoms with Crippen LogP contribution < -0.4 is 5.32 Å².